The fourth-order valence-electron chi connectivity index (χ4n) is 2.33. The van der Waals surface area contributed by atoms with Crippen LogP contribution in [0.15, 0.2) is 65.3 Å². The second-order valence-electron chi connectivity index (χ2n) is 5.41. The van der Waals surface area contributed by atoms with Gasteiger partial charge in [-0.05, 0) is 42.0 Å². The zero-order valence-corrected chi connectivity index (χ0v) is 13.2. The number of fused-ring (bicyclic) bond motifs is 1. The Kier molecular flexibility index (Phi) is 4.61. The van der Waals surface area contributed by atoms with Gasteiger partial charge >= 0.3 is 5.97 Å². The minimum absolute atomic E-state index is 0.254. The van der Waals surface area contributed by atoms with E-state index >= 15 is 0 Å². The van der Waals surface area contributed by atoms with Crippen LogP contribution in [-0.4, -0.2) is 18.0 Å². The molecule has 0 aliphatic heterocycles. The number of rotatable bonds is 5. The minimum atomic E-state index is -0.890. The molecule has 1 atom stereocenters. The highest BCUT2D eigenvalue weighted by Crippen LogP contribution is 2.16. The van der Waals surface area contributed by atoms with Crippen LogP contribution in [0.25, 0.3) is 10.8 Å². The summed E-state index contributed by atoms with van der Waals surface area (Å²) in [4.78, 5) is 24.2. The maximum atomic E-state index is 12.2. The van der Waals surface area contributed by atoms with Crippen LogP contribution in [0.3, 0.4) is 0 Å². The molecule has 1 amide bonds. The number of benzene rings is 2. The predicted molar refractivity (Wildman–Crippen MR) is 89.4 cm³/mol. The molecule has 1 unspecified atom stereocenters. The molecule has 0 saturated carbocycles. The van der Waals surface area contributed by atoms with E-state index in [-0.39, 0.29) is 12.5 Å². The van der Waals surface area contributed by atoms with E-state index in [1.54, 1.807) is 24.3 Å². The highest BCUT2D eigenvalue weighted by molar-refractivity contribution is 5.96. The lowest BCUT2D eigenvalue weighted by molar-refractivity contribution is -0.129. The standard InChI is InChI=1S/C19H17NO4/c1-13(18(21)20-12-17-7-4-10-23-17)24-19(22)16-9-8-14-5-2-3-6-15(14)11-16/h2-11,13H,12H2,1H3,(H,20,21). The summed E-state index contributed by atoms with van der Waals surface area (Å²) >= 11 is 0. The normalized spacial score (nSPS) is 11.9. The van der Waals surface area contributed by atoms with Crippen LogP contribution in [0, 0.1) is 0 Å². The van der Waals surface area contributed by atoms with Gasteiger partial charge in [0.05, 0.1) is 18.4 Å². The van der Waals surface area contributed by atoms with Crippen molar-refractivity contribution >= 4 is 22.6 Å². The molecule has 0 radical (unpaired) electrons. The smallest absolute Gasteiger partial charge is 0.338 e. The Hall–Kier alpha value is -3.08. The summed E-state index contributed by atoms with van der Waals surface area (Å²) in [7, 11) is 0. The molecule has 0 aliphatic carbocycles. The van der Waals surface area contributed by atoms with E-state index in [1.807, 2.05) is 30.3 Å². The number of furan rings is 1. The molecule has 0 saturated heterocycles. The van der Waals surface area contributed by atoms with Crippen LogP contribution in [0.5, 0.6) is 0 Å². The van der Waals surface area contributed by atoms with E-state index < -0.39 is 12.1 Å². The third-order valence-corrected chi connectivity index (χ3v) is 3.66. The summed E-state index contributed by atoms with van der Waals surface area (Å²) in [6.07, 6.45) is 0.643. The number of esters is 1. The van der Waals surface area contributed by atoms with Crippen molar-refractivity contribution in [3.8, 4) is 0 Å². The summed E-state index contributed by atoms with van der Waals surface area (Å²) in [6.45, 7) is 1.79. The Labute approximate surface area is 139 Å². The zero-order valence-electron chi connectivity index (χ0n) is 13.2. The molecule has 2 aromatic carbocycles. The van der Waals surface area contributed by atoms with E-state index in [0.717, 1.165) is 10.8 Å². The summed E-state index contributed by atoms with van der Waals surface area (Å²) < 4.78 is 10.4. The molecule has 122 valence electrons. The van der Waals surface area contributed by atoms with Crippen LogP contribution >= 0.6 is 0 Å². The number of nitrogens with one attached hydrogen (secondary N) is 1. The monoisotopic (exact) mass is 323 g/mol. The fourth-order valence-corrected chi connectivity index (χ4v) is 2.33. The van der Waals surface area contributed by atoms with Crippen molar-refractivity contribution in [2.24, 2.45) is 0 Å². The largest absolute Gasteiger partial charge is 0.467 e. The number of carbonyl (C=O) groups is 2. The van der Waals surface area contributed by atoms with Gasteiger partial charge in [0.1, 0.15) is 5.76 Å². The van der Waals surface area contributed by atoms with Crippen molar-refractivity contribution in [3.63, 3.8) is 0 Å². The maximum absolute atomic E-state index is 12.2. The van der Waals surface area contributed by atoms with E-state index in [2.05, 4.69) is 5.32 Å². The second kappa shape index (κ2) is 7.00. The minimum Gasteiger partial charge on any atom is -0.467 e. The maximum Gasteiger partial charge on any atom is 0.338 e. The van der Waals surface area contributed by atoms with E-state index in [1.165, 1.54) is 13.2 Å². The van der Waals surface area contributed by atoms with Crippen LogP contribution in [-0.2, 0) is 16.1 Å². The molecule has 3 rings (SSSR count). The first-order valence-electron chi connectivity index (χ1n) is 7.63. The molecule has 1 heterocycles. The van der Waals surface area contributed by atoms with Gasteiger partial charge in [-0.15, -0.1) is 0 Å². The molecule has 5 heteroatoms. The molecule has 0 bridgehead atoms. The van der Waals surface area contributed by atoms with Gasteiger partial charge in [0.25, 0.3) is 5.91 Å². The number of hydrogen-bond donors (Lipinski definition) is 1. The SMILES string of the molecule is CC(OC(=O)c1ccc2ccccc2c1)C(=O)NCc1ccco1. The van der Waals surface area contributed by atoms with E-state index in [0.29, 0.717) is 11.3 Å². The van der Waals surface area contributed by atoms with Crippen molar-refractivity contribution in [2.45, 2.75) is 19.6 Å². The third-order valence-electron chi connectivity index (χ3n) is 3.66. The van der Waals surface area contributed by atoms with Gasteiger partial charge < -0.3 is 14.5 Å². The molecule has 1 aromatic heterocycles. The van der Waals surface area contributed by atoms with Gasteiger partial charge in [0.15, 0.2) is 6.10 Å². The molecule has 1 N–H and O–H groups in total. The quantitative estimate of drug-likeness (QED) is 0.732. The van der Waals surface area contributed by atoms with Crippen LogP contribution in [0.4, 0.5) is 0 Å². The molecule has 5 nitrogen and oxygen atoms in total. The summed E-state index contributed by atoms with van der Waals surface area (Å²) in [6, 6.07) is 16.5. The van der Waals surface area contributed by atoms with Gasteiger partial charge in [0.2, 0.25) is 0 Å². The van der Waals surface area contributed by atoms with Gasteiger partial charge in [0, 0.05) is 0 Å². The lowest BCUT2D eigenvalue weighted by Gasteiger charge is -2.13. The van der Waals surface area contributed by atoms with Crippen molar-refractivity contribution in [2.75, 3.05) is 0 Å². The van der Waals surface area contributed by atoms with Crippen LogP contribution in [0.2, 0.25) is 0 Å². The lowest BCUT2D eigenvalue weighted by atomic mass is 10.1. The Morgan fingerprint density at radius 2 is 1.88 bits per heavy atom. The van der Waals surface area contributed by atoms with Gasteiger partial charge in [-0.25, -0.2) is 4.79 Å². The molecule has 24 heavy (non-hydrogen) atoms. The lowest BCUT2D eigenvalue weighted by Crippen LogP contribution is -2.35. The first kappa shape index (κ1) is 15.8. The first-order chi connectivity index (χ1) is 11.6. The third kappa shape index (κ3) is 3.63. The van der Waals surface area contributed by atoms with Gasteiger partial charge in [-0.1, -0.05) is 30.3 Å². The van der Waals surface area contributed by atoms with Gasteiger partial charge in [-0.2, -0.15) is 0 Å². The number of carbonyl (C=O) groups excluding carboxylic acids is 2. The topological polar surface area (TPSA) is 68.5 Å². The Morgan fingerprint density at radius 3 is 2.62 bits per heavy atom. The average Bonchev–Trinajstić information content (AvgIpc) is 3.12. The van der Waals surface area contributed by atoms with Crippen molar-refractivity contribution < 1.29 is 18.7 Å². The Bertz CT molecular complexity index is 855. The van der Waals surface area contributed by atoms with E-state index in [9.17, 15) is 9.59 Å². The zero-order chi connectivity index (χ0) is 16.9. The predicted octanol–water partition coefficient (Wildman–Crippen LogP) is 3.29. The van der Waals surface area contributed by atoms with Gasteiger partial charge in [-0.3, -0.25) is 4.79 Å². The molecule has 3 aromatic rings. The van der Waals surface area contributed by atoms with Crippen LogP contribution in [0.1, 0.15) is 23.0 Å². The Balaban J connectivity index is 1.61. The van der Waals surface area contributed by atoms with Crippen molar-refractivity contribution in [1.82, 2.24) is 5.32 Å². The van der Waals surface area contributed by atoms with Crippen molar-refractivity contribution in [1.29, 1.82) is 0 Å². The highest BCUT2D eigenvalue weighted by Gasteiger charge is 2.19. The average molecular weight is 323 g/mol. The molecule has 0 fully saturated rings. The second-order valence-corrected chi connectivity index (χ2v) is 5.41. The molecular formula is C19H17NO4. The number of ether oxygens (including phenoxy) is 1. The molecular weight excluding hydrogens is 306 g/mol. The highest BCUT2D eigenvalue weighted by atomic mass is 16.5. The summed E-state index contributed by atoms with van der Waals surface area (Å²) in [5.41, 5.74) is 0.416. The Morgan fingerprint density at radius 1 is 1.08 bits per heavy atom. The molecule has 0 spiro atoms. The molecule has 0 aliphatic rings. The van der Waals surface area contributed by atoms with E-state index in [4.69, 9.17) is 9.15 Å². The fraction of sp³-hybridized carbons (Fsp3) is 0.158. The number of hydrogen-bond acceptors (Lipinski definition) is 4. The van der Waals surface area contributed by atoms with Crippen LogP contribution < -0.4 is 5.32 Å². The number of amides is 1. The summed E-state index contributed by atoms with van der Waals surface area (Å²) in [5, 5.41) is 4.65. The van der Waals surface area contributed by atoms with Crippen molar-refractivity contribution in [3.05, 3.63) is 72.2 Å². The first-order valence-corrected chi connectivity index (χ1v) is 7.63. The summed E-state index contributed by atoms with van der Waals surface area (Å²) in [5.74, 6) is -0.265.